The van der Waals surface area contributed by atoms with Crippen molar-refractivity contribution in [3.63, 3.8) is 0 Å². The predicted molar refractivity (Wildman–Crippen MR) is 79.1 cm³/mol. The molecule has 0 bridgehead atoms. The molecule has 1 aliphatic rings. The van der Waals surface area contributed by atoms with Gasteiger partial charge in [-0.1, -0.05) is 13.8 Å². The van der Waals surface area contributed by atoms with Crippen LogP contribution in [-0.2, 0) is 10.0 Å². The normalized spacial score (nSPS) is 25.3. The van der Waals surface area contributed by atoms with Crippen molar-refractivity contribution in [3.05, 3.63) is 11.9 Å². The SMILES string of the molecule is Cc1nn(C(C)C)cc1S(=O)(=O)N1CC(C)CC(C)C1. The van der Waals surface area contributed by atoms with E-state index in [0.717, 1.165) is 6.42 Å². The van der Waals surface area contributed by atoms with Crippen LogP contribution in [0.25, 0.3) is 0 Å². The first-order chi connectivity index (χ1) is 9.21. The zero-order chi connectivity index (χ0) is 15.1. The van der Waals surface area contributed by atoms with Gasteiger partial charge in [-0.2, -0.15) is 9.40 Å². The largest absolute Gasteiger partial charge is 0.269 e. The second-order valence-electron chi connectivity index (χ2n) is 6.42. The Kier molecular flexibility index (Phi) is 4.25. The Morgan fingerprint density at radius 3 is 2.25 bits per heavy atom. The average Bonchev–Trinajstić information content (AvgIpc) is 2.71. The monoisotopic (exact) mass is 299 g/mol. The van der Waals surface area contributed by atoms with E-state index in [-0.39, 0.29) is 6.04 Å². The van der Waals surface area contributed by atoms with Gasteiger partial charge < -0.3 is 0 Å². The molecule has 5 nitrogen and oxygen atoms in total. The van der Waals surface area contributed by atoms with Crippen LogP contribution in [0.2, 0.25) is 0 Å². The predicted octanol–water partition coefficient (Wildman–Crippen LogP) is 2.44. The number of hydrogen-bond donors (Lipinski definition) is 0. The maximum atomic E-state index is 12.8. The Hall–Kier alpha value is -0.880. The molecule has 1 fully saturated rings. The van der Waals surface area contributed by atoms with E-state index in [2.05, 4.69) is 18.9 Å². The standard InChI is InChI=1S/C14H25N3O2S/c1-10(2)17-9-14(13(5)15-17)20(18,19)16-7-11(3)6-12(4)8-16/h9-12H,6-8H2,1-5H3. The van der Waals surface area contributed by atoms with Gasteiger partial charge in [-0.15, -0.1) is 0 Å². The summed E-state index contributed by atoms with van der Waals surface area (Å²) in [5.41, 5.74) is 0.588. The molecule has 0 amide bonds. The van der Waals surface area contributed by atoms with Crippen LogP contribution in [-0.4, -0.2) is 35.6 Å². The summed E-state index contributed by atoms with van der Waals surface area (Å²) in [6, 6.07) is 0.164. The van der Waals surface area contributed by atoms with Crippen molar-refractivity contribution in [2.24, 2.45) is 11.8 Å². The highest BCUT2D eigenvalue weighted by Crippen LogP contribution is 2.28. The minimum absolute atomic E-state index is 0.164. The summed E-state index contributed by atoms with van der Waals surface area (Å²) in [4.78, 5) is 0.354. The van der Waals surface area contributed by atoms with Gasteiger partial charge in [0.05, 0.1) is 5.69 Å². The summed E-state index contributed by atoms with van der Waals surface area (Å²) in [7, 11) is -3.42. The molecule has 0 aromatic carbocycles. The zero-order valence-electron chi connectivity index (χ0n) is 13.0. The third kappa shape index (κ3) is 2.91. The Balaban J connectivity index is 2.35. The third-order valence-corrected chi connectivity index (χ3v) is 5.79. The first kappa shape index (κ1) is 15.5. The van der Waals surface area contributed by atoms with E-state index in [0.29, 0.717) is 35.5 Å². The van der Waals surface area contributed by atoms with Crippen LogP contribution in [0.1, 0.15) is 45.9 Å². The van der Waals surface area contributed by atoms with Crippen molar-refractivity contribution in [1.82, 2.24) is 14.1 Å². The fourth-order valence-electron chi connectivity index (χ4n) is 2.92. The highest BCUT2D eigenvalue weighted by Gasteiger charge is 2.33. The number of rotatable bonds is 3. The van der Waals surface area contributed by atoms with Crippen LogP contribution >= 0.6 is 0 Å². The van der Waals surface area contributed by atoms with E-state index < -0.39 is 10.0 Å². The second-order valence-corrected chi connectivity index (χ2v) is 8.33. The molecule has 2 heterocycles. The van der Waals surface area contributed by atoms with E-state index in [1.54, 1.807) is 22.1 Å². The molecular formula is C14H25N3O2S. The summed E-state index contributed by atoms with van der Waals surface area (Å²) in [6.45, 7) is 11.2. The Morgan fingerprint density at radius 2 is 1.80 bits per heavy atom. The maximum Gasteiger partial charge on any atom is 0.246 e. The summed E-state index contributed by atoms with van der Waals surface area (Å²) in [5.74, 6) is 0.822. The fraction of sp³-hybridized carbons (Fsp3) is 0.786. The molecule has 20 heavy (non-hydrogen) atoms. The lowest BCUT2D eigenvalue weighted by Crippen LogP contribution is -2.42. The van der Waals surface area contributed by atoms with E-state index in [1.807, 2.05) is 13.8 Å². The van der Waals surface area contributed by atoms with Gasteiger partial charge in [-0.3, -0.25) is 4.68 Å². The minimum atomic E-state index is -3.42. The van der Waals surface area contributed by atoms with Crippen molar-refractivity contribution in [2.45, 2.75) is 52.0 Å². The molecule has 0 spiro atoms. The molecular weight excluding hydrogens is 274 g/mol. The van der Waals surface area contributed by atoms with Gasteiger partial charge in [0.15, 0.2) is 0 Å². The molecule has 2 unspecified atom stereocenters. The summed E-state index contributed by atoms with van der Waals surface area (Å²) in [6.07, 6.45) is 2.76. The lowest BCUT2D eigenvalue weighted by molar-refractivity contribution is 0.222. The quantitative estimate of drug-likeness (QED) is 0.861. The van der Waals surface area contributed by atoms with Crippen LogP contribution in [0, 0.1) is 18.8 Å². The van der Waals surface area contributed by atoms with Gasteiger partial charge in [-0.25, -0.2) is 8.42 Å². The topological polar surface area (TPSA) is 55.2 Å². The molecule has 1 saturated heterocycles. The molecule has 2 atom stereocenters. The lowest BCUT2D eigenvalue weighted by atomic mass is 9.94. The number of nitrogens with zero attached hydrogens (tertiary/aromatic N) is 3. The summed E-state index contributed by atoms with van der Waals surface area (Å²) in [5, 5.41) is 4.32. The van der Waals surface area contributed by atoms with E-state index in [1.165, 1.54) is 0 Å². The molecule has 0 aliphatic carbocycles. The molecule has 1 aromatic heterocycles. The van der Waals surface area contributed by atoms with Crippen LogP contribution in [0.4, 0.5) is 0 Å². The Bertz CT molecular complexity index is 567. The molecule has 0 saturated carbocycles. The van der Waals surface area contributed by atoms with Gasteiger partial charge in [0, 0.05) is 25.3 Å². The van der Waals surface area contributed by atoms with E-state index in [4.69, 9.17) is 0 Å². The second kappa shape index (κ2) is 5.48. The highest BCUT2D eigenvalue weighted by molar-refractivity contribution is 7.89. The van der Waals surface area contributed by atoms with Crippen LogP contribution in [0.15, 0.2) is 11.1 Å². The van der Waals surface area contributed by atoms with Crippen LogP contribution in [0.5, 0.6) is 0 Å². The Labute approximate surface area is 122 Å². The third-order valence-electron chi connectivity index (χ3n) is 3.85. The van der Waals surface area contributed by atoms with Gasteiger partial charge in [0.2, 0.25) is 10.0 Å². The van der Waals surface area contributed by atoms with E-state index in [9.17, 15) is 8.42 Å². The van der Waals surface area contributed by atoms with E-state index >= 15 is 0 Å². The number of sulfonamides is 1. The fourth-order valence-corrected chi connectivity index (χ4v) is 4.76. The van der Waals surface area contributed by atoms with Crippen molar-refractivity contribution < 1.29 is 8.42 Å². The van der Waals surface area contributed by atoms with Gasteiger partial charge >= 0.3 is 0 Å². The molecule has 114 valence electrons. The Morgan fingerprint density at radius 1 is 1.25 bits per heavy atom. The van der Waals surface area contributed by atoms with Crippen LogP contribution in [0.3, 0.4) is 0 Å². The minimum Gasteiger partial charge on any atom is -0.269 e. The first-order valence-electron chi connectivity index (χ1n) is 7.27. The molecule has 2 rings (SSSR count). The molecule has 1 aliphatic heterocycles. The molecule has 6 heteroatoms. The van der Waals surface area contributed by atoms with Gasteiger partial charge in [0.1, 0.15) is 4.90 Å². The molecule has 1 aromatic rings. The van der Waals surface area contributed by atoms with Crippen molar-refractivity contribution in [1.29, 1.82) is 0 Å². The van der Waals surface area contributed by atoms with Crippen molar-refractivity contribution >= 4 is 10.0 Å². The first-order valence-corrected chi connectivity index (χ1v) is 8.71. The van der Waals surface area contributed by atoms with Gasteiger partial charge in [-0.05, 0) is 39.0 Å². The number of piperidine rings is 1. The summed E-state index contributed by atoms with van der Waals surface area (Å²) >= 11 is 0. The van der Waals surface area contributed by atoms with Crippen molar-refractivity contribution in [3.8, 4) is 0 Å². The number of aryl methyl sites for hydroxylation is 1. The average molecular weight is 299 g/mol. The number of aromatic nitrogens is 2. The maximum absolute atomic E-state index is 12.8. The molecule has 0 N–H and O–H groups in total. The van der Waals surface area contributed by atoms with Gasteiger partial charge in [0.25, 0.3) is 0 Å². The zero-order valence-corrected chi connectivity index (χ0v) is 13.8. The summed E-state index contributed by atoms with van der Waals surface area (Å²) < 4.78 is 29.0. The van der Waals surface area contributed by atoms with Crippen LogP contribution < -0.4 is 0 Å². The smallest absolute Gasteiger partial charge is 0.246 e. The highest BCUT2D eigenvalue weighted by atomic mass is 32.2. The number of hydrogen-bond acceptors (Lipinski definition) is 3. The lowest BCUT2D eigenvalue weighted by Gasteiger charge is -2.33. The van der Waals surface area contributed by atoms with Crippen molar-refractivity contribution in [2.75, 3.05) is 13.1 Å². The molecule has 0 radical (unpaired) electrons.